The molecular formula is C22H26N4O3. The molecule has 2 aromatic rings. The first-order valence-corrected chi connectivity index (χ1v) is 10.4. The Bertz CT molecular complexity index is 929. The summed E-state index contributed by atoms with van der Waals surface area (Å²) in [6.07, 6.45) is 6.85. The normalized spacial score (nSPS) is 19.9. The summed E-state index contributed by atoms with van der Waals surface area (Å²) in [6, 6.07) is 9.99. The van der Waals surface area contributed by atoms with Crippen LogP contribution in [0.3, 0.4) is 0 Å². The lowest BCUT2D eigenvalue weighted by Crippen LogP contribution is -2.46. The van der Waals surface area contributed by atoms with Gasteiger partial charge in [0.05, 0.1) is 5.69 Å². The number of carbonyl (C=O) groups is 2. The summed E-state index contributed by atoms with van der Waals surface area (Å²) in [5.41, 5.74) is 1.80. The first-order chi connectivity index (χ1) is 14.1. The van der Waals surface area contributed by atoms with Crippen LogP contribution in [0.1, 0.15) is 44.9 Å². The third kappa shape index (κ3) is 4.39. The first kappa shape index (κ1) is 19.4. The zero-order valence-corrected chi connectivity index (χ0v) is 16.4. The number of likely N-dealkylation sites (tertiary alicyclic amines) is 1. The van der Waals surface area contributed by atoms with Gasteiger partial charge in [-0.2, -0.15) is 5.10 Å². The van der Waals surface area contributed by atoms with Gasteiger partial charge in [0, 0.05) is 29.8 Å². The molecule has 1 saturated carbocycles. The lowest BCUT2D eigenvalue weighted by molar-refractivity contribution is -0.141. The summed E-state index contributed by atoms with van der Waals surface area (Å²) in [5, 5.41) is 9.41. The molecule has 29 heavy (non-hydrogen) atoms. The predicted molar refractivity (Wildman–Crippen MR) is 110 cm³/mol. The molecule has 2 amide bonds. The zero-order valence-electron chi connectivity index (χ0n) is 16.4. The molecule has 0 spiro atoms. The number of carbonyl (C=O) groups excluding carboxylic acids is 2. The summed E-state index contributed by atoms with van der Waals surface area (Å²) in [4.78, 5) is 38.9. The van der Waals surface area contributed by atoms with Crippen molar-refractivity contribution in [1.82, 2.24) is 15.1 Å². The van der Waals surface area contributed by atoms with Crippen LogP contribution in [0.15, 0.2) is 41.2 Å². The van der Waals surface area contributed by atoms with Crippen molar-refractivity contribution in [2.75, 3.05) is 11.9 Å². The van der Waals surface area contributed by atoms with E-state index in [1.807, 2.05) is 24.3 Å². The molecule has 2 aliphatic rings. The monoisotopic (exact) mass is 394 g/mol. The Morgan fingerprint density at radius 1 is 1.03 bits per heavy atom. The molecule has 1 aliphatic heterocycles. The maximum absolute atomic E-state index is 12.9. The number of aromatic nitrogens is 2. The fourth-order valence-electron chi connectivity index (χ4n) is 4.37. The van der Waals surface area contributed by atoms with Crippen molar-refractivity contribution in [2.24, 2.45) is 5.92 Å². The van der Waals surface area contributed by atoms with Crippen molar-refractivity contribution in [3.63, 3.8) is 0 Å². The van der Waals surface area contributed by atoms with E-state index < -0.39 is 6.04 Å². The lowest BCUT2D eigenvalue weighted by atomic mass is 9.88. The molecule has 0 radical (unpaired) electrons. The molecule has 1 atom stereocenters. The number of benzene rings is 1. The Morgan fingerprint density at radius 2 is 1.86 bits per heavy atom. The highest BCUT2D eigenvalue weighted by Gasteiger charge is 2.37. The van der Waals surface area contributed by atoms with Gasteiger partial charge >= 0.3 is 0 Å². The second-order valence-electron chi connectivity index (χ2n) is 7.90. The minimum absolute atomic E-state index is 0.0757. The van der Waals surface area contributed by atoms with E-state index in [2.05, 4.69) is 15.5 Å². The largest absolute Gasteiger partial charge is 0.330 e. The van der Waals surface area contributed by atoms with Crippen LogP contribution in [-0.2, 0) is 9.59 Å². The number of H-pyrrole nitrogens is 1. The quantitative estimate of drug-likeness (QED) is 0.833. The fraction of sp³-hybridized carbons (Fsp3) is 0.455. The molecule has 1 saturated heterocycles. The average molecular weight is 394 g/mol. The Labute approximate surface area is 169 Å². The van der Waals surface area contributed by atoms with E-state index >= 15 is 0 Å². The minimum Gasteiger partial charge on any atom is -0.330 e. The first-order valence-electron chi connectivity index (χ1n) is 10.4. The van der Waals surface area contributed by atoms with Gasteiger partial charge in [-0.1, -0.05) is 31.4 Å². The Kier molecular flexibility index (Phi) is 5.74. The Morgan fingerprint density at radius 3 is 2.62 bits per heavy atom. The maximum Gasteiger partial charge on any atom is 0.264 e. The number of hydrogen-bond acceptors (Lipinski definition) is 4. The molecule has 7 heteroatoms. The van der Waals surface area contributed by atoms with E-state index in [4.69, 9.17) is 0 Å². The van der Waals surface area contributed by atoms with Gasteiger partial charge in [-0.25, -0.2) is 5.10 Å². The summed E-state index contributed by atoms with van der Waals surface area (Å²) < 4.78 is 0. The van der Waals surface area contributed by atoms with Crippen LogP contribution in [0, 0.1) is 5.92 Å². The molecule has 0 bridgehead atoms. The standard InChI is InChI=1S/C22H26N4O3/c27-20-12-11-18(24-25-20)16-8-4-9-17(14-16)23-21(28)19-10-5-13-26(19)22(29)15-6-2-1-3-7-15/h4,8-9,11-12,14-15,19H,1-3,5-7,10,13H2,(H,23,28)(H,25,27)/t19-/m0/s1. The van der Waals surface area contributed by atoms with Crippen molar-refractivity contribution in [3.05, 3.63) is 46.8 Å². The topological polar surface area (TPSA) is 95.2 Å². The van der Waals surface area contributed by atoms with Crippen molar-refractivity contribution < 1.29 is 9.59 Å². The SMILES string of the molecule is O=C(Nc1cccc(-c2ccc(=O)[nH]n2)c1)[C@@H]1CCCN1C(=O)C1CCCCC1. The number of rotatable bonds is 4. The molecule has 1 aliphatic carbocycles. The third-order valence-corrected chi connectivity index (χ3v) is 5.90. The van der Waals surface area contributed by atoms with Crippen molar-refractivity contribution in [1.29, 1.82) is 0 Å². The fourth-order valence-corrected chi connectivity index (χ4v) is 4.37. The highest BCUT2D eigenvalue weighted by Crippen LogP contribution is 2.29. The maximum atomic E-state index is 12.9. The van der Waals surface area contributed by atoms with E-state index in [-0.39, 0.29) is 23.3 Å². The van der Waals surface area contributed by atoms with Gasteiger partial charge in [0.1, 0.15) is 6.04 Å². The van der Waals surface area contributed by atoms with Gasteiger partial charge in [0.2, 0.25) is 11.8 Å². The van der Waals surface area contributed by atoms with Crippen LogP contribution in [-0.4, -0.2) is 39.5 Å². The molecule has 2 fully saturated rings. The molecule has 1 aromatic carbocycles. The van der Waals surface area contributed by atoms with Crippen LogP contribution in [0.4, 0.5) is 5.69 Å². The Hall–Kier alpha value is -2.96. The number of amides is 2. The second kappa shape index (κ2) is 8.59. The van der Waals surface area contributed by atoms with Crippen LogP contribution < -0.4 is 10.9 Å². The van der Waals surface area contributed by atoms with E-state index in [1.54, 1.807) is 11.0 Å². The molecule has 7 nitrogen and oxygen atoms in total. The van der Waals surface area contributed by atoms with Crippen LogP contribution in [0.2, 0.25) is 0 Å². The number of aromatic amines is 1. The molecule has 0 unspecified atom stereocenters. The van der Waals surface area contributed by atoms with E-state index in [0.717, 1.165) is 37.7 Å². The van der Waals surface area contributed by atoms with Crippen molar-refractivity contribution in [2.45, 2.75) is 51.0 Å². The van der Waals surface area contributed by atoms with Crippen molar-refractivity contribution in [3.8, 4) is 11.3 Å². The highest BCUT2D eigenvalue weighted by atomic mass is 16.2. The summed E-state index contributed by atoms with van der Waals surface area (Å²) in [6.45, 7) is 0.661. The molecule has 2 heterocycles. The number of anilines is 1. The second-order valence-corrected chi connectivity index (χ2v) is 7.90. The average Bonchev–Trinajstić information content (AvgIpc) is 3.25. The molecule has 2 N–H and O–H groups in total. The summed E-state index contributed by atoms with van der Waals surface area (Å²) in [7, 11) is 0. The van der Waals surface area contributed by atoms with E-state index in [0.29, 0.717) is 24.3 Å². The molecule has 152 valence electrons. The lowest BCUT2D eigenvalue weighted by Gasteiger charge is -2.30. The van der Waals surface area contributed by atoms with Crippen LogP contribution in [0.25, 0.3) is 11.3 Å². The smallest absolute Gasteiger partial charge is 0.264 e. The van der Waals surface area contributed by atoms with Gasteiger partial charge in [0.15, 0.2) is 0 Å². The number of nitrogens with one attached hydrogen (secondary N) is 2. The van der Waals surface area contributed by atoms with Crippen LogP contribution >= 0.6 is 0 Å². The number of nitrogens with zero attached hydrogens (tertiary/aromatic N) is 2. The Balaban J connectivity index is 1.45. The van der Waals surface area contributed by atoms with Gasteiger partial charge in [-0.3, -0.25) is 14.4 Å². The van der Waals surface area contributed by atoms with Gasteiger partial charge < -0.3 is 10.2 Å². The van der Waals surface area contributed by atoms with Crippen molar-refractivity contribution >= 4 is 17.5 Å². The van der Waals surface area contributed by atoms with Crippen LogP contribution in [0.5, 0.6) is 0 Å². The minimum atomic E-state index is -0.403. The molecular weight excluding hydrogens is 368 g/mol. The molecule has 4 rings (SSSR count). The van der Waals surface area contributed by atoms with Gasteiger partial charge in [-0.05, 0) is 43.9 Å². The predicted octanol–water partition coefficient (Wildman–Crippen LogP) is 2.95. The molecule has 1 aromatic heterocycles. The summed E-state index contributed by atoms with van der Waals surface area (Å²) in [5.74, 6) is 0.0820. The highest BCUT2D eigenvalue weighted by molar-refractivity contribution is 5.98. The third-order valence-electron chi connectivity index (χ3n) is 5.90. The van der Waals surface area contributed by atoms with Gasteiger partial charge in [-0.15, -0.1) is 0 Å². The van der Waals surface area contributed by atoms with Gasteiger partial charge in [0.25, 0.3) is 5.56 Å². The zero-order chi connectivity index (χ0) is 20.2. The van der Waals surface area contributed by atoms with E-state index in [1.165, 1.54) is 12.5 Å². The summed E-state index contributed by atoms with van der Waals surface area (Å²) >= 11 is 0. The van der Waals surface area contributed by atoms with E-state index in [9.17, 15) is 14.4 Å². The number of hydrogen-bond donors (Lipinski definition) is 2.